The molecule has 16 nitrogen and oxygen atoms in total. The van der Waals surface area contributed by atoms with E-state index in [4.69, 9.17) is 14.5 Å². The zero-order valence-electron chi connectivity index (χ0n) is 46.3. The second kappa shape index (κ2) is 21.3. The van der Waals surface area contributed by atoms with E-state index in [1.807, 2.05) is 11.1 Å². The van der Waals surface area contributed by atoms with Crippen molar-refractivity contribution in [2.75, 3.05) is 84.1 Å². The van der Waals surface area contributed by atoms with E-state index >= 15 is 9.59 Å². The average molecular weight is 1050 g/mol. The van der Waals surface area contributed by atoms with Crippen molar-refractivity contribution in [2.24, 2.45) is 16.7 Å². The monoisotopic (exact) mass is 1050 g/mol. The molecule has 0 radical (unpaired) electrons. The highest BCUT2D eigenvalue weighted by Gasteiger charge is 2.50. The van der Waals surface area contributed by atoms with Crippen molar-refractivity contribution in [3.05, 3.63) is 71.5 Å². The Hall–Kier alpha value is -5.39. The van der Waals surface area contributed by atoms with Gasteiger partial charge in [0.05, 0.1) is 48.1 Å². The zero-order valence-corrected chi connectivity index (χ0v) is 46.3. The zero-order chi connectivity index (χ0) is 53.2. The number of ether oxygens (including phenoxy) is 2. The largest absolute Gasteiger partial charge is 0.464 e. The normalized spacial score (nSPS) is 27.3. The number of piperazine rings is 1. The molecule has 2 aromatic carbocycles. The second-order valence-electron chi connectivity index (χ2n) is 25.0. The minimum absolute atomic E-state index is 0.0301. The van der Waals surface area contributed by atoms with E-state index in [-0.39, 0.29) is 66.2 Å². The van der Waals surface area contributed by atoms with E-state index < -0.39 is 17.5 Å². The molecule has 77 heavy (non-hydrogen) atoms. The number of carbonyl (C=O) groups excluding carboxylic acids is 4. The van der Waals surface area contributed by atoms with Gasteiger partial charge >= 0.3 is 5.97 Å². The molecule has 3 N–H and O–H groups in total. The fourth-order valence-corrected chi connectivity index (χ4v) is 14.3. The molecule has 8 aliphatic rings. The number of aromatic nitrogens is 2. The SMILES string of the molecule is CCn1c(-c2cc(N3CCN(C4CC4)CC3)cnc2[C@H](C)OC)c2c3cc(ccc31)-c1cccc(c1)C[C@H](NC(=O)[C@H](C1CCCC1)N1CC[C@]3(CCN(C(=O)[C@H]4CN4)C3)C1)C(=O)N1CCC[C@H](N1)C(=O)OCC(C)(C)C2. The van der Waals surface area contributed by atoms with Crippen LogP contribution in [0.5, 0.6) is 0 Å². The molecule has 16 heteroatoms. The van der Waals surface area contributed by atoms with Crippen LogP contribution in [-0.2, 0) is 48.0 Å². The summed E-state index contributed by atoms with van der Waals surface area (Å²) >= 11 is 0. The van der Waals surface area contributed by atoms with E-state index in [2.05, 4.69) is 112 Å². The first-order valence-corrected chi connectivity index (χ1v) is 29.3. The van der Waals surface area contributed by atoms with Crippen LogP contribution in [0.1, 0.15) is 115 Å². The Kier molecular flexibility index (Phi) is 14.5. The predicted octanol–water partition coefficient (Wildman–Crippen LogP) is 6.49. The van der Waals surface area contributed by atoms with Crippen LogP contribution in [0.3, 0.4) is 0 Å². The van der Waals surface area contributed by atoms with E-state index in [0.717, 1.165) is 160 Å². The van der Waals surface area contributed by atoms with Crippen molar-refractivity contribution in [3.8, 4) is 22.4 Å². The highest BCUT2D eigenvalue weighted by Crippen LogP contribution is 2.45. The van der Waals surface area contributed by atoms with Gasteiger partial charge in [0.25, 0.3) is 5.91 Å². The summed E-state index contributed by atoms with van der Waals surface area (Å²) in [6, 6.07) is 16.3. The summed E-state index contributed by atoms with van der Waals surface area (Å²) in [5.41, 5.74) is 12.3. The van der Waals surface area contributed by atoms with Gasteiger partial charge in [-0.1, -0.05) is 57.0 Å². The first kappa shape index (κ1) is 52.3. The van der Waals surface area contributed by atoms with Crippen LogP contribution in [0, 0.1) is 16.7 Å². The second-order valence-corrected chi connectivity index (χ2v) is 25.0. The number of aryl methyl sites for hydroxylation is 1. The van der Waals surface area contributed by atoms with Crippen molar-refractivity contribution in [3.63, 3.8) is 0 Å². The minimum atomic E-state index is -0.894. The molecule has 0 unspecified atom stereocenters. The highest BCUT2D eigenvalue weighted by atomic mass is 16.5. The van der Waals surface area contributed by atoms with Gasteiger partial charge in [-0.25, -0.2) is 5.43 Å². The van der Waals surface area contributed by atoms with Crippen LogP contribution in [0.4, 0.5) is 5.69 Å². The maximum atomic E-state index is 15.2. The number of hydrogen-bond donors (Lipinski definition) is 3. The van der Waals surface area contributed by atoms with Gasteiger partial charge in [-0.3, -0.25) is 39.0 Å². The van der Waals surface area contributed by atoms with Gasteiger partial charge in [-0.15, -0.1) is 0 Å². The molecule has 8 heterocycles. The number of amides is 3. The molecule has 6 aliphatic heterocycles. The molecule has 1 spiro atoms. The quantitative estimate of drug-likeness (QED) is 0.111. The molecule has 5 saturated heterocycles. The summed E-state index contributed by atoms with van der Waals surface area (Å²) in [4.78, 5) is 72.5. The van der Waals surface area contributed by atoms with Gasteiger partial charge in [0, 0.05) is 112 Å². The number of hydrazine groups is 1. The number of methoxy groups -OCH3 is 1. The minimum Gasteiger partial charge on any atom is -0.464 e. The van der Waals surface area contributed by atoms with Crippen LogP contribution >= 0.6 is 0 Å². The molecule has 3 amide bonds. The summed E-state index contributed by atoms with van der Waals surface area (Å²) in [6.45, 7) is 17.8. The van der Waals surface area contributed by atoms with Crippen LogP contribution in [0.25, 0.3) is 33.3 Å². The van der Waals surface area contributed by atoms with Crippen LogP contribution in [0.15, 0.2) is 54.7 Å². The summed E-state index contributed by atoms with van der Waals surface area (Å²) in [6.07, 6.45) is 12.4. The van der Waals surface area contributed by atoms with Gasteiger partial charge < -0.3 is 34.5 Å². The highest BCUT2D eigenvalue weighted by molar-refractivity contribution is 5.96. The topological polar surface area (TPSA) is 167 Å². The van der Waals surface area contributed by atoms with Crippen LogP contribution in [0.2, 0.25) is 0 Å². The van der Waals surface area contributed by atoms with Gasteiger partial charge in [0.2, 0.25) is 11.8 Å². The number of nitrogens with one attached hydrogen (secondary N) is 3. The van der Waals surface area contributed by atoms with Gasteiger partial charge in [-0.2, -0.15) is 0 Å². The molecule has 7 fully saturated rings. The van der Waals surface area contributed by atoms with Crippen molar-refractivity contribution < 1.29 is 28.7 Å². The predicted molar refractivity (Wildman–Crippen MR) is 298 cm³/mol. The number of esters is 1. The Labute approximate surface area is 454 Å². The molecule has 6 atom stereocenters. The lowest BCUT2D eigenvalue weighted by Gasteiger charge is -2.37. The Balaban J connectivity index is 0.900. The molecule has 4 aromatic rings. The standard InChI is InChI=1S/C61H82N10O6/c1-6-70-52-19-16-43-31-46(52)48(55(70)47-32-45(34-63-53(47)39(2)76-5)67-27-25-66(26-28-67)44-17-18-44)33-60(3,4)38-77-59(75)49-15-10-22-71(65-49)58(74)50(30-40-11-9-14-42(43)29-40)64-56(72)54(41-12-7-8-13-41)68-23-20-61(36-68)21-24-69(37-61)57(73)51-35-62-51/h9,11,14,16,19,29,31-32,34,39,41,44,49-51,54,62,65H,6-8,10,12-13,15,17-18,20-28,30,33,35-38H2,1-5H3,(H,64,72)/t39-,49-,50-,51+,54-,61-/m0/s1. The third-order valence-corrected chi connectivity index (χ3v) is 18.9. The third-order valence-electron chi connectivity index (χ3n) is 18.9. The molecule has 2 aliphatic carbocycles. The molecule has 6 bridgehead atoms. The number of pyridine rings is 1. The van der Waals surface area contributed by atoms with Crippen molar-refractivity contribution >= 4 is 40.3 Å². The molecule has 12 rings (SSSR count). The summed E-state index contributed by atoms with van der Waals surface area (Å²) in [5, 5.41) is 9.27. The summed E-state index contributed by atoms with van der Waals surface area (Å²) < 4.78 is 14.8. The van der Waals surface area contributed by atoms with Crippen LogP contribution in [-0.4, -0.2) is 162 Å². The summed E-state index contributed by atoms with van der Waals surface area (Å²) in [7, 11) is 1.75. The molecule has 2 saturated carbocycles. The van der Waals surface area contributed by atoms with Gasteiger partial charge in [-0.05, 0) is 125 Å². The number of cyclic esters (lactones) is 1. The Bertz CT molecular complexity index is 2880. The lowest BCUT2D eigenvalue weighted by molar-refractivity contribution is -0.155. The lowest BCUT2D eigenvalue weighted by Crippen LogP contribution is -2.62. The number of nitrogens with zero attached hydrogens (tertiary/aromatic N) is 7. The number of benzene rings is 2. The Morgan fingerprint density at radius 1 is 0.909 bits per heavy atom. The fourth-order valence-electron chi connectivity index (χ4n) is 14.3. The molecular weight excluding hydrogens is 969 g/mol. The Morgan fingerprint density at radius 2 is 1.69 bits per heavy atom. The molecule has 2 aromatic heterocycles. The maximum Gasteiger partial charge on any atom is 0.324 e. The number of rotatable bonds is 11. The number of likely N-dealkylation sites (tertiary alicyclic amines) is 2. The number of anilines is 1. The lowest BCUT2D eigenvalue weighted by atomic mass is 9.84. The van der Waals surface area contributed by atoms with E-state index in [0.29, 0.717) is 25.8 Å². The van der Waals surface area contributed by atoms with Gasteiger partial charge in [0.15, 0.2) is 0 Å². The van der Waals surface area contributed by atoms with Crippen molar-refractivity contribution in [1.29, 1.82) is 0 Å². The van der Waals surface area contributed by atoms with E-state index in [9.17, 15) is 9.59 Å². The smallest absolute Gasteiger partial charge is 0.324 e. The van der Waals surface area contributed by atoms with E-state index in [1.54, 1.807) is 12.1 Å². The number of fused-ring (bicyclic) bond motifs is 6. The number of carbonyl (C=O) groups is 4. The average Bonchev–Trinajstić information content (AvgIpc) is 4.47. The first-order valence-electron chi connectivity index (χ1n) is 29.3. The molecular formula is C61H82N10O6. The first-order chi connectivity index (χ1) is 37.3. The van der Waals surface area contributed by atoms with Crippen LogP contribution < -0.4 is 21.0 Å². The van der Waals surface area contributed by atoms with Crippen molar-refractivity contribution in [1.82, 2.24) is 45.3 Å². The van der Waals surface area contributed by atoms with E-state index in [1.165, 1.54) is 18.4 Å². The van der Waals surface area contributed by atoms with Gasteiger partial charge in [0.1, 0.15) is 12.1 Å². The van der Waals surface area contributed by atoms with Crippen molar-refractivity contribution in [2.45, 2.75) is 148 Å². The molecule has 412 valence electrons. The maximum absolute atomic E-state index is 15.2. The third kappa shape index (κ3) is 10.7. The summed E-state index contributed by atoms with van der Waals surface area (Å²) in [5.74, 6) is -0.370. The Morgan fingerprint density at radius 3 is 2.44 bits per heavy atom. The fraction of sp³-hybridized carbons (Fsp3) is 0.623. The number of hydrogen-bond acceptors (Lipinski definition) is 12.